The average molecular weight is 195 g/mol. The first-order chi connectivity index (χ1) is 6.09. The van der Waals surface area contributed by atoms with Crippen LogP contribution in [-0.2, 0) is 0 Å². The lowest BCUT2D eigenvalue weighted by atomic mass is 10.2. The van der Waals surface area contributed by atoms with Gasteiger partial charge < -0.3 is 0 Å². The lowest BCUT2D eigenvalue weighted by Crippen LogP contribution is -2.05. The van der Waals surface area contributed by atoms with Gasteiger partial charge in [-0.1, -0.05) is 26.8 Å². The predicted octanol–water partition coefficient (Wildman–Crippen LogP) is 3.53. The third-order valence-corrected chi connectivity index (χ3v) is 3.53. The summed E-state index contributed by atoms with van der Waals surface area (Å²) in [6.45, 7) is 8.79. The molecule has 1 aromatic rings. The number of nitrogens with zero attached hydrogens (tertiary/aromatic N) is 1. The van der Waals surface area contributed by atoms with Crippen molar-refractivity contribution in [1.29, 1.82) is 0 Å². The molecule has 1 rings (SSSR count). The number of aromatic nitrogens is 1. The van der Waals surface area contributed by atoms with Crippen molar-refractivity contribution in [2.24, 2.45) is 5.92 Å². The molecule has 0 saturated heterocycles. The zero-order valence-electron chi connectivity index (χ0n) is 8.74. The molecule has 0 aliphatic rings. The number of hydrogen-bond acceptors (Lipinski definition) is 2. The number of rotatable bonds is 3. The van der Waals surface area contributed by atoms with Gasteiger partial charge in [-0.2, -0.15) is 0 Å². The van der Waals surface area contributed by atoms with Crippen LogP contribution in [0.1, 0.15) is 26.3 Å². The van der Waals surface area contributed by atoms with Crippen LogP contribution in [0.25, 0.3) is 0 Å². The fourth-order valence-electron chi connectivity index (χ4n) is 0.850. The Labute approximate surface area is 85.0 Å². The maximum atomic E-state index is 4.36. The maximum absolute atomic E-state index is 4.36. The van der Waals surface area contributed by atoms with Crippen LogP contribution in [0.2, 0.25) is 0 Å². The fraction of sp³-hybridized carbons (Fsp3) is 0.545. The van der Waals surface area contributed by atoms with Crippen LogP contribution >= 0.6 is 11.8 Å². The molecule has 0 saturated carbocycles. The molecule has 1 aromatic heterocycles. The van der Waals surface area contributed by atoms with Crippen LogP contribution in [0.5, 0.6) is 0 Å². The zero-order valence-corrected chi connectivity index (χ0v) is 9.56. The first kappa shape index (κ1) is 10.6. The monoisotopic (exact) mass is 195 g/mol. The number of thioether (sulfide) groups is 1. The zero-order chi connectivity index (χ0) is 9.84. The molecule has 13 heavy (non-hydrogen) atoms. The molecule has 0 fully saturated rings. The summed E-state index contributed by atoms with van der Waals surface area (Å²) in [7, 11) is 0. The van der Waals surface area contributed by atoms with E-state index in [-0.39, 0.29) is 0 Å². The van der Waals surface area contributed by atoms with Crippen LogP contribution in [0.4, 0.5) is 0 Å². The van der Waals surface area contributed by atoms with Crippen molar-refractivity contribution < 1.29 is 0 Å². The molecule has 0 N–H and O–H groups in total. The molecule has 1 nitrogen and oxygen atoms in total. The van der Waals surface area contributed by atoms with Gasteiger partial charge >= 0.3 is 0 Å². The first-order valence-corrected chi connectivity index (χ1v) is 5.57. The molecule has 0 aliphatic heterocycles. The molecule has 72 valence electrons. The van der Waals surface area contributed by atoms with Crippen molar-refractivity contribution in [2.45, 2.75) is 38.0 Å². The van der Waals surface area contributed by atoms with Crippen molar-refractivity contribution in [3.63, 3.8) is 0 Å². The maximum Gasteiger partial charge on any atom is 0.0962 e. The Morgan fingerprint density at radius 2 is 1.92 bits per heavy atom. The quantitative estimate of drug-likeness (QED) is 0.684. The smallest absolute Gasteiger partial charge is 0.0962 e. The Balaban J connectivity index is 2.59. The third kappa shape index (κ3) is 3.39. The van der Waals surface area contributed by atoms with Crippen LogP contribution in [0.3, 0.4) is 0 Å². The SMILES string of the molecule is Cc1ccc(SC(C)C(C)C)nc1. The number of pyridine rings is 1. The van der Waals surface area contributed by atoms with Gasteiger partial charge in [-0.3, -0.25) is 0 Å². The summed E-state index contributed by atoms with van der Waals surface area (Å²) >= 11 is 1.85. The fourth-order valence-corrected chi connectivity index (χ4v) is 1.76. The van der Waals surface area contributed by atoms with Crippen LogP contribution in [-0.4, -0.2) is 10.2 Å². The lowest BCUT2D eigenvalue weighted by molar-refractivity contribution is 0.641. The molecule has 0 amide bonds. The van der Waals surface area contributed by atoms with Gasteiger partial charge in [-0.25, -0.2) is 4.98 Å². The van der Waals surface area contributed by atoms with Crippen LogP contribution in [0, 0.1) is 12.8 Å². The predicted molar refractivity (Wildman–Crippen MR) is 59.1 cm³/mol. The van der Waals surface area contributed by atoms with E-state index in [1.54, 1.807) is 0 Å². The second kappa shape index (κ2) is 4.66. The van der Waals surface area contributed by atoms with E-state index in [0.717, 1.165) is 5.03 Å². The molecule has 0 aromatic carbocycles. The van der Waals surface area contributed by atoms with Crippen LogP contribution < -0.4 is 0 Å². The van der Waals surface area contributed by atoms with Crippen molar-refractivity contribution in [1.82, 2.24) is 4.98 Å². The van der Waals surface area contributed by atoms with Crippen molar-refractivity contribution in [3.8, 4) is 0 Å². The van der Waals surface area contributed by atoms with E-state index < -0.39 is 0 Å². The Hall–Kier alpha value is -0.500. The van der Waals surface area contributed by atoms with Gasteiger partial charge in [-0.15, -0.1) is 11.8 Å². The normalized spacial score (nSPS) is 13.3. The summed E-state index contributed by atoms with van der Waals surface area (Å²) in [4.78, 5) is 4.36. The summed E-state index contributed by atoms with van der Waals surface area (Å²) in [5, 5.41) is 1.77. The van der Waals surface area contributed by atoms with Gasteiger partial charge in [0.2, 0.25) is 0 Å². The van der Waals surface area contributed by atoms with E-state index in [9.17, 15) is 0 Å². The average Bonchev–Trinajstić information content (AvgIpc) is 2.08. The summed E-state index contributed by atoms with van der Waals surface area (Å²) < 4.78 is 0. The highest BCUT2D eigenvalue weighted by Crippen LogP contribution is 2.25. The minimum Gasteiger partial charge on any atom is -0.250 e. The van der Waals surface area contributed by atoms with Crippen molar-refractivity contribution in [3.05, 3.63) is 23.9 Å². The molecule has 2 heteroatoms. The van der Waals surface area contributed by atoms with Gasteiger partial charge in [-0.05, 0) is 24.5 Å². The van der Waals surface area contributed by atoms with Crippen molar-refractivity contribution in [2.75, 3.05) is 0 Å². The van der Waals surface area contributed by atoms with Crippen molar-refractivity contribution >= 4 is 11.8 Å². The minimum absolute atomic E-state index is 0.634. The highest BCUT2D eigenvalue weighted by atomic mass is 32.2. The van der Waals surface area contributed by atoms with E-state index in [4.69, 9.17) is 0 Å². The molecule has 0 aliphatic carbocycles. The first-order valence-electron chi connectivity index (χ1n) is 4.69. The summed E-state index contributed by atoms with van der Waals surface area (Å²) in [5.74, 6) is 0.702. The van der Waals surface area contributed by atoms with E-state index in [0.29, 0.717) is 11.2 Å². The summed E-state index contributed by atoms with van der Waals surface area (Å²) in [5.41, 5.74) is 1.22. The molecule has 1 atom stereocenters. The molecule has 1 heterocycles. The van der Waals surface area contributed by atoms with E-state index in [2.05, 4.69) is 44.8 Å². The van der Waals surface area contributed by atoms with Gasteiger partial charge in [0.05, 0.1) is 5.03 Å². The second-order valence-electron chi connectivity index (χ2n) is 3.74. The second-order valence-corrected chi connectivity index (χ2v) is 5.14. The van der Waals surface area contributed by atoms with Crippen LogP contribution in [0.15, 0.2) is 23.4 Å². The van der Waals surface area contributed by atoms with E-state index in [1.807, 2.05) is 18.0 Å². The third-order valence-electron chi connectivity index (χ3n) is 2.13. The highest BCUT2D eigenvalue weighted by Gasteiger charge is 2.08. The van der Waals surface area contributed by atoms with Gasteiger partial charge in [0.25, 0.3) is 0 Å². The van der Waals surface area contributed by atoms with Gasteiger partial charge in [0.15, 0.2) is 0 Å². The van der Waals surface area contributed by atoms with E-state index >= 15 is 0 Å². The number of aryl methyl sites for hydroxylation is 1. The van der Waals surface area contributed by atoms with Gasteiger partial charge in [0, 0.05) is 11.4 Å². The van der Waals surface area contributed by atoms with E-state index in [1.165, 1.54) is 5.56 Å². The number of hydrogen-bond donors (Lipinski definition) is 0. The standard InChI is InChI=1S/C11H17NS/c1-8(2)10(4)13-11-6-5-9(3)7-12-11/h5-8,10H,1-4H3. The topological polar surface area (TPSA) is 12.9 Å². The molecule has 1 unspecified atom stereocenters. The Kier molecular flexibility index (Phi) is 3.79. The van der Waals surface area contributed by atoms with Gasteiger partial charge in [0.1, 0.15) is 0 Å². The Morgan fingerprint density at radius 3 is 2.38 bits per heavy atom. The molecular formula is C11H17NS. The Bertz CT molecular complexity index is 253. The molecule has 0 bridgehead atoms. The Morgan fingerprint density at radius 1 is 1.23 bits per heavy atom. The lowest BCUT2D eigenvalue weighted by Gasteiger charge is -2.13. The largest absolute Gasteiger partial charge is 0.250 e. The molecule has 0 spiro atoms. The highest BCUT2D eigenvalue weighted by molar-refractivity contribution is 7.99. The minimum atomic E-state index is 0.634. The molecular weight excluding hydrogens is 178 g/mol. The summed E-state index contributed by atoms with van der Waals surface area (Å²) in [6, 6.07) is 4.21. The molecule has 0 radical (unpaired) electrons. The summed E-state index contributed by atoms with van der Waals surface area (Å²) in [6.07, 6.45) is 1.93.